The Labute approximate surface area is 77.8 Å². The molecule has 0 aromatic carbocycles. The molecular formula is C9H16O4. The molecule has 2 saturated heterocycles. The van der Waals surface area contributed by atoms with Gasteiger partial charge in [-0.2, -0.15) is 0 Å². The normalized spacial score (nSPS) is 50.5. The first kappa shape index (κ1) is 9.40. The van der Waals surface area contributed by atoms with Crippen molar-refractivity contribution in [3.63, 3.8) is 0 Å². The van der Waals surface area contributed by atoms with Crippen LogP contribution in [-0.4, -0.2) is 36.0 Å². The number of ether oxygens (including phenoxy) is 3. The Morgan fingerprint density at radius 1 is 1.31 bits per heavy atom. The third kappa shape index (κ3) is 1.72. The molecule has 0 unspecified atom stereocenters. The van der Waals surface area contributed by atoms with Crippen molar-refractivity contribution < 1.29 is 19.3 Å². The van der Waals surface area contributed by atoms with Gasteiger partial charge in [0.1, 0.15) is 6.10 Å². The third-order valence-corrected chi connectivity index (χ3v) is 2.61. The van der Waals surface area contributed by atoms with Gasteiger partial charge in [-0.3, -0.25) is 0 Å². The van der Waals surface area contributed by atoms with Gasteiger partial charge in [0, 0.05) is 6.42 Å². The van der Waals surface area contributed by atoms with E-state index in [0.717, 1.165) is 6.42 Å². The number of fused-ring (bicyclic) bond motifs is 1. The topological polar surface area (TPSA) is 47.9 Å². The van der Waals surface area contributed by atoms with Crippen LogP contribution < -0.4 is 0 Å². The summed E-state index contributed by atoms with van der Waals surface area (Å²) in [4.78, 5) is 0. The molecule has 0 aromatic heterocycles. The van der Waals surface area contributed by atoms with Crippen LogP contribution >= 0.6 is 0 Å². The summed E-state index contributed by atoms with van der Waals surface area (Å²) in [6, 6.07) is 0. The van der Waals surface area contributed by atoms with Crippen molar-refractivity contribution in [2.75, 3.05) is 0 Å². The van der Waals surface area contributed by atoms with E-state index in [1.807, 2.05) is 13.8 Å². The molecular weight excluding hydrogens is 172 g/mol. The van der Waals surface area contributed by atoms with Crippen LogP contribution in [0.4, 0.5) is 0 Å². The lowest BCUT2D eigenvalue weighted by molar-refractivity contribution is -0.208. The summed E-state index contributed by atoms with van der Waals surface area (Å²) >= 11 is 0. The smallest absolute Gasteiger partial charge is 0.187 e. The SMILES string of the molecule is CC[C@H]1O[C@H]2O[C@H](C)[C@H](O)C[C@H]2O1. The van der Waals surface area contributed by atoms with Crippen molar-refractivity contribution in [1.82, 2.24) is 0 Å². The summed E-state index contributed by atoms with van der Waals surface area (Å²) in [7, 11) is 0. The molecule has 0 aromatic rings. The van der Waals surface area contributed by atoms with Crippen LogP contribution in [-0.2, 0) is 14.2 Å². The highest BCUT2D eigenvalue weighted by Gasteiger charge is 2.43. The van der Waals surface area contributed by atoms with E-state index in [-0.39, 0.29) is 24.8 Å². The molecule has 0 radical (unpaired) electrons. The molecule has 5 atom stereocenters. The van der Waals surface area contributed by atoms with E-state index >= 15 is 0 Å². The Balaban J connectivity index is 1.97. The lowest BCUT2D eigenvalue weighted by atomic mass is 10.0. The van der Waals surface area contributed by atoms with Crippen LogP contribution in [0.2, 0.25) is 0 Å². The first-order valence-electron chi connectivity index (χ1n) is 4.85. The molecule has 13 heavy (non-hydrogen) atoms. The quantitative estimate of drug-likeness (QED) is 0.655. The zero-order valence-corrected chi connectivity index (χ0v) is 7.97. The van der Waals surface area contributed by atoms with E-state index in [0.29, 0.717) is 6.42 Å². The molecule has 0 spiro atoms. The molecule has 0 aliphatic carbocycles. The molecule has 76 valence electrons. The van der Waals surface area contributed by atoms with Gasteiger partial charge in [0.15, 0.2) is 12.6 Å². The van der Waals surface area contributed by atoms with Crippen molar-refractivity contribution in [1.29, 1.82) is 0 Å². The summed E-state index contributed by atoms with van der Waals surface area (Å²) in [6.07, 6.45) is 0.330. The van der Waals surface area contributed by atoms with E-state index in [2.05, 4.69) is 0 Å². The fourth-order valence-corrected chi connectivity index (χ4v) is 1.74. The van der Waals surface area contributed by atoms with Crippen molar-refractivity contribution in [3.8, 4) is 0 Å². The Bertz CT molecular complexity index is 166. The van der Waals surface area contributed by atoms with Crippen LogP contribution in [0.3, 0.4) is 0 Å². The summed E-state index contributed by atoms with van der Waals surface area (Å²) in [5.41, 5.74) is 0. The largest absolute Gasteiger partial charge is 0.390 e. The van der Waals surface area contributed by atoms with Crippen molar-refractivity contribution >= 4 is 0 Å². The first-order chi connectivity index (χ1) is 6.20. The minimum absolute atomic E-state index is 0.0869. The molecule has 2 fully saturated rings. The maximum atomic E-state index is 9.52. The summed E-state index contributed by atoms with van der Waals surface area (Å²) in [6.45, 7) is 3.85. The van der Waals surface area contributed by atoms with Gasteiger partial charge in [-0.05, 0) is 13.3 Å². The second kappa shape index (κ2) is 3.53. The number of hydrogen-bond acceptors (Lipinski definition) is 4. The summed E-state index contributed by atoms with van der Waals surface area (Å²) in [5.74, 6) is 0. The van der Waals surface area contributed by atoms with Crippen LogP contribution in [0.5, 0.6) is 0 Å². The van der Waals surface area contributed by atoms with Crippen LogP contribution in [0.15, 0.2) is 0 Å². The number of aliphatic hydroxyl groups is 1. The second-order valence-electron chi connectivity index (χ2n) is 3.66. The molecule has 0 amide bonds. The predicted molar refractivity (Wildman–Crippen MR) is 45.0 cm³/mol. The van der Waals surface area contributed by atoms with Gasteiger partial charge in [-0.25, -0.2) is 0 Å². The van der Waals surface area contributed by atoms with Gasteiger partial charge in [0.25, 0.3) is 0 Å². The molecule has 4 nitrogen and oxygen atoms in total. The van der Waals surface area contributed by atoms with Crippen LogP contribution in [0, 0.1) is 0 Å². The molecule has 2 aliphatic rings. The molecule has 0 saturated carbocycles. The molecule has 0 bridgehead atoms. The van der Waals surface area contributed by atoms with Gasteiger partial charge in [-0.1, -0.05) is 6.92 Å². The lowest BCUT2D eigenvalue weighted by Crippen LogP contribution is -2.44. The number of hydrogen-bond donors (Lipinski definition) is 1. The van der Waals surface area contributed by atoms with Crippen LogP contribution in [0.25, 0.3) is 0 Å². The zero-order valence-electron chi connectivity index (χ0n) is 7.97. The average molecular weight is 188 g/mol. The number of aliphatic hydroxyl groups excluding tert-OH is 1. The van der Waals surface area contributed by atoms with Crippen molar-refractivity contribution in [2.45, 2.75) is 57.6 Å². The minimum atomic E-state index is -0.430. The Morgan fingerprint density at radius 3 is 2.77 bits per heavy atom. The highest BCUT2D eigenvalue weighted by atomic mass is 16.8. The molecule has 4 heteroatoms. The third-order valence-electron chi connectivity index (χ3n) is 2.61. The standard InChI is InChI=1S/C9H16O4/c1-3-8-12-7-4-6(10)5(2)11-9(7)13-8/h5-10H,3-4H2,1-2H3/t5-,6-,7-,8-,9-/m1/s1. The van der Waals surface area contributed by atoms with E-state index in [1.54, 1.807) is 0 Å². The fourth-order valence-electron chi connectivity index (χ4n) is 1.74. The van der Waals surface area contributed by atoms with Crippen LogP contribution in [0.1, 0.15) is 26.7 Å². The fraction of sp³-hybridized carbons (Fsp3) is 1.00. The van der Waals surface area contributed by atoms with E-state index in [9.17, 15) is 5.11 Å². The zero-order chi connectivity index (χ0) is 9.42. The van der Waals surface area contributed by atoms with Gasteiger partial charge in [0.2, 0.25) is 0 Å². The molecule has 2 aliphatic heterocycles. The average Bonchev–Trinajstić information content (AvgIpc) is 2.48. The monoisotopic (exact) mass is 188 g/mol. The van der Waals surface area contributed by atoms with E-state index in [4.69, 9.17) is 14.2 Å². The first-order valence-corrected chi connectivity index (χ1v) is 4.85. The maximum Gasteiger partial charge on any atom is 0.187 e. The highest BCUT2D eigenvalue weighted by molar-refractivity contribution is 4.82. The highest BCUT2D eigenvalue weighted by Crippen LogP contribution is 2.31. The van der Waals surface area contributed by atoms with Gasteiger partial charge >= 0.3 is 0 Å². The Morgan fingerprint density at radius 2 is 2.08 bits per heavy atom. The van der Waals surface area contributed by atoms with Gasteiger partial charge in [-0.15, -0.1) is 0 Å². The second-order valence-corrected chi connectivity index (χ2v) is 3.66. The molecule has 2 heterocycles. The van der Waals surface area contributed by atoms with Crippen molar-refractivity contribution in [3.05, 3.63) is 0 Å². The predicted octanol–water partition coefficient (Wildman–Crippen LogP) is 0.634. The Hall–Kier alpha value is -0.160. The minimum Gasteiger partial charge on any atom is -0.390 e. The van der Waals surface area contributed by atoms with Crippen molar-refractivity contribution in [2.24, 2.45) is 0 Å². The van der Waals surface area contributed by atoms with E-state index < -0.39 is 6.10 Å². The van der Waals surface area contributed by atoms with E-state index in [1.165, 1.54) is 0 Å². The maximum absolute atomic E-state index is 9.52. The summed E-state index contributed by atoms with van der Waals surface area (Å²) in [5, 5.41) is 9.52. The number of rotatable bonds is 1. The lowest BCUT2D eigenvalue weighted by Gasteiger charge is -2.31. The van der Waals surface area contributed by atoms with Gasteiger partial charge in [0.05, 0.1) is 12.2 Å². The molecule has 2 rings (SSSR count). The summed E-state index contributed by atoms with van der Waals surface area (Å²) < 4.78 is 16.5. The Kier molecular flexibility index (Phi) is 2.55. The molecule has 1 N–H and O–H groups in total. The van der Waals surface area contributed by atoms with Gasteiger partial charge < -0.3 is 19.3 Å².